The van der Waals surface area contributed by atoms with Gasteiger partial charge in [-0.2, -0.15) is 11.3 Å². The number of aromatic amines is 1. The Labute approximate surface area is 136 Å². The van der Waals surface area contributed by atoms with Crippen molar-refractivity contribution in [2.75, 3.05) is 6.54 Å². The molecule has 4 nitrogen and oxygen atoms in total. The number of hydrogen-bond acceptors (Lipinski definition) is 3. The molecule has 3 aromatic rings. The van der Waals surface area contributed by atoms with E-state index in [4.69, 9.17) is 0 Å². The number of aliphatic hydroxyl groups excluding tert-OH is 1. The van der Waals surface area contributed by atoms with Crippen molar-refractivity contribution in [3.8, 4) is 11.1 Å². The summed E-state index contributed by atoms with van der Waals surface area (Å²) >= 11 is 1.49. The van der Waals surface area contributed by atoms with Gasteiger partial charge in [0.15, 0.2) is 0 Å². The Morgan fingerprint density at radius 3 is 2.74 bits per heavy atom. The summed E-state index contributed by atoms with van der Waals surface area (Å²) in [5.74, 6) is -0.617. The lowest BCUT2D eigenvalue weighted by molar-refractivity contribution is 0.0917. The molecule has 0 aliphatic heterocycles. The van der Waals surface area contributed by atoms with E-state index in [2.05, 4.69) is 10.3 Å². The van der Waals surface area contributed by atoms with Gasteiger partial charge in [-0.3, -0.25) is 4.79 Å². The zero-order valence-corrected chi connectivity index (χ0v) is 12.9. The van der Waals surface area contributed by atoms with Gasteiger partial charge in [0.25, 0.3) is 5.91 Å². The predicted molar refractivity (Wildman–Crippen MR) is 87.8 cm³/mol. The van der Waals surface area contributed by atoms with Gasteiger partial charge in [0.1, 0.15) is 5.82 Å². The maximum Gasteiger partial charge on any atom is 0.253 e. The number of aliphatic hydroxyl groups is 1. The fraction of sp³-hybridized carbons (Fsp3) is 0.118. The quantitative estimate of drug-likeness (QED) is 0.672. The molecule has 0 fully saturated rings. The zero-order chi connectivity index (χ0) is 16.2. The topological polar surface area (TPSA) is 65.1 Å². The van der Waals surface area contributed by atoms with Crippen molar-refractivity contribution in [2.45, 2.75) is 6.10 Å². The Balaban J connectivity index is 1.71. The molecule has 1 atom stereocenters. The van der Waals surface area contributed by atoms with Crippen LogP contribution in [0.3, 0.4) is 0 Å². The van der Waals surface area contributed by atoms with Gasteiger partial charge in [-0.25, -0.2) is 4.39 Å². The minimum Gasteiger partial charge on any atom is -0.387 e. The van der Waals surface area contributed by atoms with Crippen LogP contribution in [0.2, 0.25) is 0 Å². The standard InChI is InChI=1S/C17H15FN2O2S/c18-13-3-1-11(2-4-13)14-7-19-8-15(14)17(22)20-9-16(21)12-5-6-23-10-12/h1-8,10,16,19,21H,9H2,(H,20,22). The fourth-order valence-electron chi connectivity index (χ4n) is 2.29. The highest BCUT2D eigenvalue weighted by atomic mass is 32.1. The Kier molecular flexibility index (Phi) is 4.55. The first-order valence-corrected chi connectivity index (χ1v) is 8.00. The number of benzene rings is 1. The SMILES string of the molecule is O=C(NCC(O)c1ccsc1)c1c[nH]cc1-c1ccc(F)cc1. The highest BCUT2D eigenvalue weighted by Crippen LogP contribution is 2.24. The summed E-state index contributed by atoms with van der Waals surface area (Å²) in [4.78, 5) is 15.2. The molecule has 0 saturated heterocycles. The molecular formula is C17H15FN2O2S. The van der Waals surface area contributed by atoms with Crippen LogP contribution >= 0.6 is 11.3 Å². The molecule has 0 saturated carbocycles. The van der Waals surface area contributed by atoms with E-state index >= 15 is 0 Å². The second-order valence-electron chi connectivity index (χ2n) is 5.07. The molecule has 0 aliphatic rings. The highest BCUT2D eigenvalue weighted by molar-refractivity contribution is 7.07. The summed E-state index contributed by atoms with van der Waals surface area (Å²) < 4.78 is 13.0. The third-order valence-electron chi connectivity index (χ3n) is 3.53. The lowest BCUT2D eigenvalue weighted by Gasteiger charge is -2.11. The van der Waals surface area contributed by atoms with Gasteiger partial charge in [0, 0.05) is 24.5 Å². The lowest BCUT2D eigenvalue weighted by Crippen LogP contribution is -2.28. The molecule has 0 spiro atoms. The van der Waals surface area contributed by atoms with Gasteiger partial charge in [0.2, 0.25) is 0 Å². The molecule has 0 aliphatic carbocycles. The first kappa shape index (κ1) is 15.5. The summed E-state index contributed by atoms with van der Waals surface area (Å²) in [6, 6.07) is 7.77. The van der Waals surface area contributed by atoms with Crippen LogP contribution < -0.4 is 5.32 Å². The molecule has 1 unspecified atom stereocenters. The third kappa shape index (κ3) is 3.49. The number of carbonyl (C=O) groups excluding carboxylic acids is 1. The number of thiophene rings is 1. The normalized spacial score (nSPS) is 12.1. The Morgan fingerprint density at radius 1 is 1.26 bits per heavy atom. The van der Waals surface area contributed by atoms with E-state index in [0.717, 1.165) is 11.1 Å². The second kappa shape index (κ2) is 6.76. The van der Waals surface area contributed by atoms with Gasteiger partial charge < -0.3 is 15.4 Å². The van der Waals surface area contributed by atoms with Gasteiger partial charge >= 0.3 is 0 Å². The molecule has 3 N–H and O–H groups in total. The molecule has 3 rings (SSSR count). The summed E-state index contributed by atoms with van der Waals surface area (Å²) in [5.41, 5.74) is 2.67. The molecule has 1 amide bonds. The fourth-order valence-corrected chi connectivity index (χ4v) is 2.99. The average molecular weight is 330 g/mol. The molecule has 0 bridgehead atoms. The van der Waals surface area contributed by atoms with Crippen molar-refractivity contribution < 1.29 is 14.3 Å². The summed E-state index contributed by atoms with van der Waals surface area (Å²) in [7, 11) is 0. The molecule has 1 aromatic carbocycles. The summed E-state index contributed by atoms with van der Waals surface area (Å²) in [6.07, 6.45) is 2.54. The number of H-pyrrole nitrogens is 1. The van der Waals surface area contributed by atoms with Crippen LogP contribution in [0.5, 0.6) is 0 Å². The molecule has 23 heavy (non-hydrogen) atoms. The molecule has 118 valence electrons. The van der Waals surface area contributed by atoms with Gasteiger partial charge in [-0.05, 0) is 40.1 Å². The van der Waals surface area contributed by atoms with E-state index in [-0.39, 0.29) is 18.3 Å². The molecule has 2 heterocycles. The van der Waals surface area contributed by atoms with Crippen molar-refractivity contribution >= 4 is 17.2 Å². The highest BCUT2D eigenvalue weighted by Gasteiger charge is 2.16. The van der Waals surface area contributed by atoms with Crippen LogP contribution in [0.4, 0.5) is 4.39 Å². The number of hydrogen-bond donors (Lipinski definition) is 3. The van der Waals surface area contributed by atoms with Gasteiger partial charge in [-0.15, -0.1) is 0 Å². The van der Waals surface area contributed by atoms with E-state index < -0.39 is 6.10 Å². The first-order chi connectivity index (χ1) is 11.1. The maximum absolute atomic E-state index is 13.0. The number of nitrogens with one attached hydrogen (secondary N) is 2. The van der Waals surface area contributed by atoms with Crippen LogP contribution in [-0.4, -0.2) is 22.5 Å². The van der Waals surface area contributed by atoms with Crippen LogP contribution in [0, 0.1) is 5.82 Å². The van der Waals surface area contributed by atoms with Crippen LogP contribution in [0.1, 0.15) is 22.0 Å². The minimum atomic E-state index is -0.738. The van der Waals surface area contributed by atoms with E-state index in [9.17, 15) is 14.3 Å². The van der Waals surface area contributed by atoms with Crippen molar-refractivity contribution in [1.29, 1.82) is 0 Å². The average Bonchev–Trinajstić information content (AvgIpc) is 3.24. The Bertz CT molecular complexity index is 781. The predicted octanol–water partition coefficient (Wildman–Crippen LogP) is 3.35. The van der Waals surface area contributed by atoms with Crippen molar-refractivity contribution in [2.24, 2.45) is 0 Å². The van der Waals surface area contributed by atoms with Crippen LogP contribution in [-0.2, 0) is 0 Å². The minimum absolute atomic E-state index is 0.129. The van der Waals surface area contributed by atoms with Gasteiger partial charge in [0.05, 0.1) is 11.7 Å². The number of aromatic nitrogens is 1. The summed E-state index contributed by atoms with van der Waals surface area (Å²) in [6.45, 7) is 0.129. The molecular weight excluding hydrogens is 315 g/mol. The molecule has 2 aromatic heterocycles. The first-order valence-electron chi connectivity index (χ1n) is 7.06. The van der Waals surface area contributed by atoms with Crippen LogP contribution in [0.15, 0.2) is 53.5 Å². The molecule has 0 radical (unpaired) electrons. The largest absolute Gasteiger partial charge is 0.387 e. The number of carbonyl (C=O) groups is 1. The molecule has 6 heteroatoms. The summed E-state index contributed by atoms with van der Waals surface area (Å²) in [5, 5.41) is 16.4. The van der Waals surface area contributed by atoms with Crippen molar-refractivity contribution in [3.05, 3.63) is 70.4 Å². The zero-order valence-electron chi connectivity index (χ0n) is 12.1. The maximum atomic E-state index is 13.0. The van der Waals surface area contributed by atoms with Crippen molar-refractivity contribution in [1.82, 2.24) is 10.3 Å². The van der Waals surface area contributed by atoms with E-state index in [0.29, 0.717) is 11.1 Å². The van der Waals surface area contributed by atoms with Crippen molar-refractivity contribution in [3.63, 3.8) is 0 Å². The number of amides is 1. The lowest BCUT2D eigenvalue weighted by atomic mass is 10.0. The smallest absolute Gasteiger partial charge is 0.253 e. The Hall–Kier alpha value is -2.44. The number of rotatable bonds is 5. The van der Waals surface area contributed by atoms with Gasteiger partial charge in [-0.1, -0.05) is 12.1 Å². The van der Waals surface area contributed by atoms with E-state index in [1.807, 2.05) is 16.8 Å². The Morgan fingerprint density at radius 2 is 2.04 bits per heavy atom. The second-order valence-corrected chi connectivity index (χ2v) is 5.85. The number of halogens is 1. The monoisotopic (exact) mass is 330 g/mol. The van der Waals surface area contributed by atoms with Crippen LogP contribution in [0.25, 0.3) is 11.1 Å². The van der Waals surface area contributed by atoms with E-state index in [1.54, 1.807) is 24.5 Å². The van der Waals surface area contributed by atoms with E-state index in [1.165, 1.54) is 23.5 Å². The third-order valence-corrected chi connectivity index (χ3v) is 4.23.